The minimum Gasteiger partial charge on any atom is -0.497 e. The molecular formula is C16H14FNO2. The molecule has 0 heterocycles. The molecule has 4 heteroatoms. The third kappa shape index (κ3) is 3.34. The molecule has 20 heavy (non-hydrogen) atoms. The van der Waals surface area contributed by atoms with Crippen molar-refractivity contribution in [1.82, 2.24) is 0 Å². The molecule has 0 aromatic heterocycles. The van der Waals surface area contributed by atoms with E-state index in [1.807, 2.05) is 30.3 Å². The molecule has 0 bridgehead atoms. The highest BCUT2D eigenvalue weighted by atomic mass is 19.1. The van der Waals surface area contributed by atoms with Crippen LogP contribution in [0.3, 0.4) is 0 Å². The molecule has 0 aliphatic rings. The number of halogens is 1. The van der Waals surface area contributed by atoms with Crippen LogP contribution in [0.15, 0.2) is 42.5 Å². The van der Waals surface area contributed by atoms with Crippen LogP contribution in [0.1, 0.15) is 16.7 Å². The van der Waals surface area contributed by atoms with Gasteiger partial charge in [0.1, 0.15) is 17.6 Å². The molecule has 0 fully saturated rings. The Morgan fingerprint density at radius 1 is 1.10 bits per heavy atom. The zero-order valence-corrected chi connectivity index (χ0v) is 11.1. The van der Waals surface area contributed by atoms with E-state index < -0.39 is 5.82 Å². The lowest BCUT2D eigenvalue weighted by molar-refractivity contribution is 0.105. The first-order chi connectivity index (χ1) is 9.74. The summed E-state index contributed by atoms with van der Waals surface area (Å²) in [5.74, 6) is 0.270. The van der Waals surface area contributed by atoms with E-state index in [2.05, 4.69) is 0 Å². The van der Waals surface area contributed by atoms with Crippen LogP contribution in [0.5, 0.6) is 5.75 Å². The van der Waals surface area contributed by atoms with Gasteiger partial charge in [0.05, 0.1) is 25.9 Å². The Hall–Kier alpha value is -2.38. The van der Waals surface area contributed by atoms with E-state index in [0.717, 1.165) is 11.3 Å². The first-order valence-electron chi connectivity index (χ1n) is 6.12. The molecule has 102 valence electrons. The molecule has 0 N–H and O–H groups in total. The van der Waals surface area contributed by atoms with E-state index in [9.17, 15) is 4.39 Å². The van der Waals surface area contributed by atoms with E-state index in [4.69, 9.17) is 14.7 Å². The predicted octanol–water partition coefficient (Wildman–Crippen LogP) is 3.42. The second kappa shape index (κ2) is 6.69. The first-order valence-corrected chi connectivity index (χ1v) is 6.12. The van der Waals surface area contributed by atoms with Crippen LogP contribution < -0.4 is 4.74 Å². The van der Waals surface area contributed by atoms with E-state index >= 15 is 0 Å². The first kappa shape index (κ1) is 14.0. The summed E-state index contributed by atoms with van der Waals surface area (Å²) in [5.41, 5.74) is 1.40. The minimum absolute atomic E-state index is 0.0375. The summed E-state index contributed by atoms with van der Waals surface area (Å²) in [7, 11) is 1.61. The number of nitriles is 1. The van der Waals surface area contributed by atoms with Gasteiger partial charge in [-0.1, -0.05) is 24.3 Å². The van der Waals surface area contributed by atoms with Crippen molar-refractivity contribution in [3.8, 4) is 11.8 Å². The Labute approximate surface area is 117 Å². The van der Waals surface area contributed by atoms with Crippen LogP contribution in [0.4, 0.5) is 4.39 Å². The molecule has 0 radical (unpaired) electrons. The van der Waals surface area contributed by atoms with E-state index in [-0.39, 0.29) is 12.2 Å². The number of ether oxygens (including phenoxy) is 2. The summed E-state index contributed by atoms with van der Waals surface area (Å²) >= 11 is 0. The molecule has 2 aromatic carbocycles. The molecule has 0 saturated carbocycles. The Kier molecular flexibility index (Phi) is 4.70. The SMILES string of the molecule is COc1ccc(COCc2cccc(C#N)c2F)cc1. The maximum atomic E-state index is 13.8. The fourth-order valence-corrected chi connectivity index (χ4v) is 1.78. The standard InChI is InChI=1S/C16H14FNO2/c1-19-15-7-5-12(6-8-15)10-20-11-14-4-2-3-13(9-18)16(14)17/h2-8H,10-11H2,1H3. The molecule has 0 aliphatic heterocycles. The van der Waals surface area contributed by atoms with E-state index in [1.165, 1.54) is 6.07 Å². The Morgan fingerprint density at radius 2 is 1.85 bits per heavy atom. The van der Waals surface area contributed by atoms with Crippen molar-refractivity contribution in [3.05, 3.63) is 65.0 Å². The predicted molar refractivity (Wildman–Crippen MR) is 72.6 cm³/mol. The number of methoxy groups -OCH3 is 1. The molecule has 0 spiro atoms. The van der Waals surface area contributed by atoms with Gasteiger partial charge in [0, 0.05) is 5.56 Å². The fraction of sp³-hybridized carbons (Fsp3) is 0.188. The topological polar surface area (TPSA) is 42.2 Å². The minimum atomic E-state index is -0.510. The van der Waals surface area contributed by atoms with Gasteiger partial charge in [0.15, 0.2) is 0 Å². The van der Waals surface area contributed by atoms with Gasteiger partial charge in [-0.05, 0) is 23.8 Å². The second-order valence-corrected chi connectivity index (χ2v) is 4.23. The van der Waals surface area contributed by atoms with Crippen LogP contribution in [0.25, 0.3) is 0 Å². The quantitative estimate of drug-likeness (QED) is 0.836. The molecule has 0 aliphatic carbocycles. The monoisotopic (exact) mass is 271 g/mol. The van der Waals surface area contributed by atoms with Crippen molar-refractivity contribution in [1.29, 1.82) is 5.26 Å². The van der Waals surface area contributed by atoms with Crippen molar-refractivity contribution < 1.29 is 13.9 Å². The molecule has 0 saturated heterocycles. The Balaban J connectivity index is 1.94. The summed E-state index contributed by atoms with van der Waals surface area (Å²) < 4.78 is 24.3. The zero-order valence-electron chi connectivity index (χ0n) is 11.1. The van der Waals surface area contributed by atoms with Gasteiger partial charge < -0.3 is 9.47 Å². The molecule has 0 atom stereocenters. The normalized spacial score (nSPS) is 10.1. The largest absolute Gasteiger partial charge is 0.497 e. The summed E-state index contributed by atoms with van der Waals surface area (Å²) in [4.78, 5) is 0. The molecule has 0 unspecified atom stereocenters. The number of rotatable bonds is 5. The maximum Gasteiger partial charge on any atom is 0.146 e. The van der Waals surface area contributed by atoms with Gasteiger partial charge in [0.2, 0.25) is 0 Å². The van der Waals surface area contributed by atoms with Crippen molar-refractivity contribution in [2.45, 2.75) is 13.2 Å². The second-order valence-electron chi connectivity index (χ2n) is 4.23. The third-order valence-electron chi connectivity index (χ3n) is 2.88. The van der Waals surface area contributed by atoms with Crippen LogP contribution in [0, 0.1) is 17.1 Å². The van der Waals surface area contributed by atoms with E-state index in [0.29, 0.717) is 12.2 Å². The van der Waals surface area contributed by atoms with Gasteiger partial charge in [0.25, 0.3) is 0 Å². The van der Waals surface area contributed by atoms with Crippen molar-refractivity contribution in [3.63, 3.8) is 0 Å². The lowest BCUT2D eigenvalue weighted by Gasteiger charge is -2.07. The zero-order chi connectivity index (χ0) is 14.4. The van der Waals surface area contributed by atoms with Crippen molar-refractivity contribution in [2.75, 3.05) is 7.11 Å². The maximum absolute atomic E-state index is 13.8. The average Bonchev–Trinajstić information content (AvgIpc) is 2.49. The number of nitrogens with zero attached hydrogens (tertiary/aromatic N) is 1. The summed E-state index contributed by atoms with van der Waals surface area (Å²) in [5, 5.41) is 8.75. The highest BCUT2D eigenvalue weighted by molar-refractivity contribution is 5.34. The Bertz CT molecular complexity index is 617. The van der Waals surface area contributed by atoms with Gasteiger partial charge in [-0.15, -0.1) is 0 Å². The molecule has 3 nitrogen and oxygen atoms in total. The lowest BCUT2D eigenvalue weighted by Crippen LogP contribution is -1.98. The molecule has 0 amide bonds. The number of benzene rings is 2. The molecule has 2 rings (SSSR count). The van der Waals surface area contributed by atoms with Gasteiger partial charge in [-0.25, -0.2) is 4.39 Å². The van der Waals surface area contributed by atoms with Crippen LogP contribution in [-0.4, -0.2) is 7.11 Å². The average molecular weight is 271 g/mol. The fourth-order valence-electron chi connectivity index (χ4n) is 1.78. The number of hydrogen-bond donors (Lipinski definition) is 0. The van der Waals surface area contributed by atoms with Gasteiger partial charge >= 0.3 is 0 Å². The van der Waals surface area contributed by atoms with Crippen LogP contribution in [0.2, 0.25) is 0 Å². The highest BCUT2D eigenvalue weighted by Crippen LogP contribution is 2.15. The summed E-state index contributed by atoms with van der Waals surface area (Å²) in [6, 6.07) is 14.0. The Morgan fingerprint density at radius 3 is 2.50 bits per heavy atom. The molecule has 2 aromatic rings. The van der Waals surface area contributed by atoms with Crippen molar-refractivity contribution in [2.24, 2.45) is 0 Å². The number of hydrogen-bond acceptors (Lipinski definition) is 3. The lowest BCUT2D eigenvalue weighted by atomic mass is 10.1. The summed E-state index contributed by atoms with van der Waals surface area (Å²) in [6.45, 7) is 0.508. The van der Waals surface area contributed by atoms with Crippen LogP contribution in [-0.2, 0) is 18.0 Å². The highest BCUT2D eigenvalue weighted by Gasteiger charge is 2.07. The summed E-state index contributed by atoms with van der Waals surface area (Å²) in [6.07, 6.45) is 0. The van der Waals surface area contributed by atoms with Gasteiger partial charge in [-0.3, -0.25) is 0 Å². The molecular weight excluding hydrogens is 257 g/mol. The smallest absolute Gasteiger partial charge is 0.146 e. The van der Waals surface area contributed by atoms with Crippen molar-refractivity contribution >= 4 is 0 Å². The van der Waals surface area contributed by atoms with Crippen LogP contribution >= 0.6 is 0 Å². The van der Waals surface area contributed by atoms with E-state index in [1.54, 1.807) is 19.2 Å². The third-order valence-corrected chi connectivity index (χ3v) is 2.88. The van der Waals surface area contributed by atoms with Gasteiger partial charge in [-0.2, -0.15) is 5.26 Å².